The van der Waals surface area contributed by atoms with Crippen molar-refractivity contribution in [3.8, 4) is 0 Å². The minimum atomic E-state index is 0.0679. The van der Waals surface area contributed by atoms with Gasteiger partial charge in [0.1, 0.15) is 0 Å². The number of rotatable bonds is 5. The first-order valence-electron chi connectivity index (χ1n) is 10.8. The Balaban J connectivity index is 1.46. The van der Waals surface area contributed by atoms with Gasteiger partial charge in [-0.2, -0.15) is 0 Å². The lowest BCUT2D eigenvalue weighted by Gasteiger charge is -2.23. The van der Waals surface area contributed by atoms with Gasteiger partial charge in [-0.1, -0.05) is 53.8 Å². The summed E-state index contributed by atoms with van der Waals surface area (Å²) in [6.07, 6.45) is 2.47. The highest BCUT2D eigenvalue weighted by Gasteiger charge is 2.26. The molecular weight excluding hydrogens is 404 g/mol. The molecule has 1 aliphatic rings. The molecule has 0 spiro atoms. The maximum Gasteiger partial charge on any atom is 0.233 e. The molecule has 1 atom stereocenters. The number of thiazole rings is 1. The summed E-state index contributed by atoms with van der Waals surface area (Å²) in [7, 11) is 0. The van der Waals surface area contributed by atoms with Gasteiger partial charge in [0.2, 0.25) is 5.91 Å². The Morgan fingerprint density at radius 1 is 1.10 bits per heavy atom. The van der Waals surface area contributed by atoms with Gasteiger partial charge in [0.15, 0.2) is 5.13 Å². The fourth-order valence-corrected chi connectivity index (χ4v) is 5.25. The lowest BCUT2D eigenvalue weighted by atomic mass is 10.0. The lowest BCUT2D eigenvalue weighted by molar-refractivity contribution is -0.118. The summed E-state index contributed by atoms with van der Waals surface area (Å²) in [5.74, 6) is 0.0679. The van der Waals surface area contributed by atoms with Crippen LogP contribution in [0.3, 0.4) is 0 Å². The number of hydrogen-bond acceptors (Lipinski definition) is 4. The van der Waals surface area contributed by atoms with Crippen molar-refractivity contribution in [2.75, 3.05) is 18.1 Å². The van der Waals surface area contributed by atoms with Crippen molar-refractivity contribution in [1.82, 2.24) is 4.98 Å². The Labute approximate surface area is 186 Å². The Kier molecular flexibility index (Phi) is 5.47. The predicted molar refractivity (Wildman–Crippen MR) is 128 cm³/mol. The van der Waals surface area contributed by atoms with Gasteiger partial charge in [-0.15, -0.1) is 0 Å². The van der Waals surface area contributed by atoms with E-state index >= 15 is 0 Å². The topological polar surface area (TPSA) is 42.4 Å². The molecule has 0 bridgehead atoms. The molecule has 2 heterocycles. The number of fused-ring (bicyclic) bond motifs is 2. The van der Waals surface area contributed by atoms with E-state index in [2.05, 4.69) is 56.3 Å². The third-order valence-electron chi connectivity index (χ3n) is 6.10. The first kappa shape index (κ1) is 20.2. The second kappa shape index (κ2) is 8.40. The van der Waals surface area contributed by atoms with E-state index in [1.807, 2.05) is 17.0 Å². The fourth-order valence-electron chi connectivity index (χ4n) is 4.18. The number of benzene rings is 3. The van der Waals surface area contributed by atoms with E-state index in [-0.39, 0.29) is 12.0 Å². The molecule has 1 unspecified atom stereocenters. The lowest BCUT2D eigenvalue weighted by Crippen LogP contribution is -2.38. The molecule has 158 valence electrons. The van der Waals surface area contributed by atoms with Gasteiger partial charge in [-0.3, -0.25) is 9.69 Å². The summed E-state index contributed by atoms with van der Waals surface area (Å²) >= 11 is 1.59. The number of nitrogens with zero attached hydrogens (tertiary/aromatic N) is 2. The quantitative estimate of drug-likeness (QED) is 0.401. The molecular formula is C26H26N2O2S. The second-order valence-electron chi connectivity index (χ2n) is 8.40. The monoisotopic (exact) mass is 430 g/mol. The van der Waals surface area contributed by atoms with Gasteiger partial charge in [-0.05, 0) is 66.3 Å². The molecule has 0 N–H and O–H groups in total. The van der Waals surface area contributed by atoms with Gasteiger partial charge in [0, 0.05) is 6.61 Å². The molecule has 1 amide bonds. The van der Waals surface area contributed by atoms with Crippen molar-refractivity contribution in [1.29, 1.82) is 0 Å². The molecule has 1 aliphatic heterocycles. The van der Waals surface area contributed by atoms with Crippen LogP contribution in [0, 0.1) is 13.8 Å². The van der Waals surface area contributed by atoms with Gasteiger partial charge in [0.05, 0.1) is 29.3 Å². The molecule has 1 aromatic heterocycles. The number of carbonyl (C=O) groups is 1. The van der Waals surface area contributed by atoms with E-state index < -0.39 is 0 Å². The van der Waals surface area contributed by atoms with E-state index in [0.29, 0.717) is 13.0 Å². The average molecular weight is 431 g/mol. The molecule has 5 heteroatoms. The van der Waals surface area contributed by atoms with Gasteiger partial charge >= 0.3 is 0 Å². The summed E-state index contributed by atoms with van der Waals surface area (Å²) in [5, 5.41) is 3.11. The summed E-state index contributed by atoms with van der Waals surface area (Å²) < 4.78 is 6.98. The zero-order chi connectivity index (χ0) is 21.4. The SMILES string of the molecule is Cc1cc2nc(N(CC3CCCO3)C(=O)Cc3ccc4ccccc4c3)sc2cc1C. The first-order chi connectivity index (χ1) is 15.1. The van der Waals surface area contributed by atoms with Crippen LogP contribution < -0.4 is 4.90 Å². The van der Waals surface area contributed by atoms with Crippen LogP contribution in [0.25, 0.3) is 21.0 Å². The zero-order valence-electron chi connectivity index (χ0n) is 17.9. The summed E-state index contributed by atoms with van der Waals surface area (Å²) in [6.45, 7) is 5.55. The van der Waals surface area contributed by atoms with Crippen LogP contribution in [0.2, 0.25) is 0 Å². The Bertz CT molecular complexity index is 1220. The maximum atomic E-state index is 13.5. The van der Waals surface area contributed by atoms with Crippen molar-refractivity contribution in [2.24, 2.45) is 0 Å². The summed E-state index contributed by atoms with van der Waals surface area (Å²) in [6, 6.07) is 18.8. The maximum absolute atomic E-state index is 13.5. The highest BCUT2D eigenvalue weighted by molar-refractivity contribution is 7.22. The highest BCUT2D eigenvalue weighted by atomic mass is 32.1. The van der Waals surface area contributed by atoms with Crippen LogP contribution in [0.15, 0.2) is 54.6 Å². The molecule has 1 fully saturated rings. The van der Waals surface area contributed by atoms with Crippen LogP contribution >= 0.6 is 11.3 Å². The van der Waals surface area contributed by atoms with Crippen molar-refractivity contribution < 1.29 is 9.53 Å². The first-order valence-corrected chi connectivity index (χ1v) is 11.7. The highest BCUT2D eigenvalue weighted by Crippen LogP contribution is 2.32. The molecule has 0 aliphatic carbocycles. The fraction of sp³-hybridized carbons (Fsp3) is 0.308. The molecule has 5 rings (SSSR count). The van der Waals surface area contributed by atoms with E-state index in [4.69, 9.17) is 9.72 Å². The van der Waals surface area contributed by atoms with Gasteiger partial charge in [-0.25, -0.2) is 4.98 Å². The van der Waals surface area contributed by atoms with Gasteiger partial charge in [0.25, 0.3) is 0 Å². The Hall–Kier alpha value is -2.76. The van der Waals surface area contributed by atoms with Gasteiger partial charge < -0.3 is 4.74 Å². The molecule has 0 saturated carbocycles. The van der Waals surface area contributed by atoms with Crippen LogP contribution in [0.5, 0.6) is 0 Å². The summed E-state index contributed by atoms with van der Waals surface area (Å²) in [5.41, 5.74) is 4.45. The number of aryl methyl sites for hydroxylation is 2. The molecule has 1 saturated heterocycles. The van der Waals surface area contributed by atoms with E-state index in [1.54, 1.807) is 11.3 Å². The number of aromatic nitrogens is 1. The average Bonchev–Trinajstić information content (AvgIpc) is 3.42. The van der Waals surface area contributed by atoms with E-state index in [9.17, 15) is 4.79 Å². The molecule has 0 radical (unpaired) electrons. The zero-order valence-corrected chi connectivity index (χ0v) is 18.7. The molecule has 4 aromatic rings. The number of ether oxygens (including phenoxy) is 1. The van der Waals surface area contributed by atoms with Crippen LogP contribution in [0.4, 0.5) is 5.13 Å². The third kappa shape index (κ3) is 4.21. The standard InChI is InChI=1S/C26H26N2O2S/c1-17-12-23-24(13-18(17)2)31-26(27-23)28(16-22-8-5-11-30-22)25(29)15-19-9-10-20-6-3-4-7-21(20)14-19/h3-4,6-7,9-10,12-14,22H,5,8,11,15-16H2,1-2H3. The minimum absolute atomic E-state index is 0.0679. The van der Waals surface area contributed by atoms with Crippen molar-refractivity contribution in [2.45, 2.75) is 39.2 Å². The van der Waals surface area contributed by atoms with Crippen molar-refractivity contribution in [3.05, 3.63) is 71.3 Å². The van der Waals surface area contributed by atoms with E-state index in [0.717, 1.165) is 45.7 Å². The largest absolute Gasteiger partial charge is 0.376 e. The summed E-state index contributed by atoms with van der Waals surface area (Å²) in [4.78, 5) is 20.2. The van der Waals surface area contributed by atoms with Crippen LogP contribution in [-0.4, -0.2) is 30.1 Å². The number of anilines is 1. The van der Waals surface area contributed by atoms with Crippen LogP contribution in [-0.2, 0) is 16.0 Å². The second-order valence-corrected chi connectivity index (χ2v) is 9.41. The normalized spacial score (nSPS) is 16.3. The third-order valence-corrected chi connectivity index (χ3v) is 7.15. The molecule has 31 heavy (non-hydrogen) atoms. The smallest absolute Gasteiger partial charge is 0.233 e. The predicted octanol–water partition coefficient (Wildman–Crippen LogP) is 5.82. The van der Waals surface area contributed by atoms with E-state index in [1.165, 1.54) is 16.5 Å². The number of amides is 1. The Morgan fingerprint density at radius 3 is 2.71 bits per heavy atom. The van der Waals surface area contributed by atoms with Crippen LogP contribution in [0.1, 0.15) is 29.5 Å². The molecule has 4 nitrogen and oxygen atoms in total. The molecule has 3 aromatic carbocycles. The Morgan fingerprint density at radius 2 is 1.90 bits per heavy atom. The van der Waals surface area contributed by atoms with Crippen molar-refractivity contribution in [3.63, 3.8) is 0 Å². The number of hydrogen-bond donors (Lipinski definition) is 0. The minimum Gasteiger partial charge on any atom is -0.376 e. The van der Waals surface area contributed by atoms with Crippen molar-refractivity contribution >= 4 is 43.4 Å². The number of carbonyl (C=O) groups excluding carboxylic acids is 1.